The molecule has 3 N–H and O–H groups in total. The Morgan fingerprint density at radius 1 is 1.32 bits per heavy atom. The number of hydrogen-bond donors (Lipinski definition) is 2. The highest BCUT2D eigenvalue weighted by atomic mass is 16.6. The molecule has 1 heterocycles. The number of hydrogen-bond acceptors (Lipinski definition) is 4. The summed E-state index contributed by atoms with van der Waals surface area (Å²) in [6, 6.07) is 7.87. The monoisotopic (exact) mass is 305 g/mol. The zero-order valence-corrected chi connectivity index (χ0v) is 13.8. The molecule has 0 bridgehead atoms. The Bertz CT molecular complexity index is 505. The van der Waals surface area contributed by atoms with Gasteiger partial charge >= 0.3 is 6.09 Å². The molecule has 0 atom stereocenters. The maximum Gasteiger partial charge on any atom is 0.410 e. The third-order valence-corrected chi connectivity index (χ3v) is 3.77. The van der Waals surface area contributed by atoms with E-state index in [2.05, 4.69) is 5.32 Å². The highest BCUT2D eigenvalue weighted by molar-refractivity contribution is 5.69. The molecular formula is C17H27N3O2. The van der Waals surface area contributed by atoms with Gasteiger partial charge < -0.3 is 20.7 Å². The minimum atomic E-state index is -0.496. The number of benzene rings is 1. The summed E-state index contributed by atoms with van der Waals surface area (Å²) >= 11 is 0. The van der Waals surface area contributed by atoms with E-state index in [0.29, 0.717) is 12.2 Å². The van der Waals surface area contributed by atoms with Crippen LogP contribution in [-0.2, 0) is 11.3 Å². The van der Waals surface area contributed by atoms with Crippen molar-refractivity contribution in [3.8, 4) is 0 Å². The molecule has 0 aliphatic carbocycles. The first kappa shape index (κ1) is 16.6. The number of carbonyl (C=O) groups is 1. The number of ether oxygens (including phenoxy) is 1. The van der Waals surface area contributed by atoms with E-state index in [0.717, 1.165) is 31.5 Å². The molecule has 2 rings (SSSR count). The minimum Gasteiger partial charge on any atom is -0.444 e. The summed E-state index contributed by atoms with van der Waals surface area (Å²) in [6.07, 6.45) is 1.61. The van der Waals surface area contributed by atoms with Crippen molar-refractivity contribution < 1.29 is 9.53 Å². The molecule has 5 nitrogen and oxygen atoms in total. The summed E-state index contributed by atoms with van der Waals surface area (Å²) in [6.45, 7) is 8.02. The van der Waals surface area contributed by atoms with Gasteiger partial charge in [0.05, 0.1) is 6.54 Å². The number of nitrogen functional groups attached to an aromatic ring is 1. The van der Waals surface area contributed by atoms with Crippen LogP contribution in [0, 0.1) is 0 Å². The maximum atomic E-state index is 12.6. The molecule has 122 valence electrons. The lowest BCUT2D eigenvalue weighted by Gasteiger charge is -2.36. The van der Waals surface area contributed by atoms with Gasteiger partial charge in [-0.3, -0.25) is 0 Å². The van der Waals surface area contributed by atoms with E-state index in [9.17, 15) is 4.79 Å². The summed E-state index contributed by atoms with van der Waals surface area (Å²) in [5, 5.41) is 3.33. The summed E-state index contributed by atoms with van der Waals surface area (Å²) < 4.78 is 5.59. The van der Waals surface area contributed by atoms with Crippen molar-refractivity contribution in [1.82, 2.24) is 10.2 Å². The zero-order valence-electron chi connectivity index (χ0n) is 13.8. The van der Waals surface area contributed by atoms with Crippen molar-refractivity contribution in [1.29, 1.82) is 0 Å². The fourth-order valence-electron chi connectivity index (χ4n) is 2.64. The molecule has 0 saturated carbocycles. The van der Waals surface area contributed by atoms with E-state index >= 15 is 0 Å². The first-order valence-corrected chi connectivity index (χ1v) is 7.90. The maximum absolute atomic E-state index is 12.6. The number of amides is 1. The number of nitrogens with two attached hydrogens (primary N) is 1. The zero-order chi connectivity index (χ0) is 16.2. The SMILES string of the molecule is CC(C)(C)OC(=O)N(Cc1ccccc1N)C1CCNCC1. The van der Waals surface area contributed by atoms with Crippen LogP contribution in [0.15, 0.2) is 24.3 Å². The van der Waals surface area contributed by atoms with E-state index in [1.54, 1.807) is 0 Å². The van der Waals surface area contributed by atoms with Crippen molar-refractivity contribution in [3.63, 3.8) is 0 Å². The molecule has 0 aromatic heterocycles. The lowest BCUT2D eigenvalue weighted by Crippen LogP contribution is -2.47. The number of carbonyl (C=O) groups excluding carboxylic acids is 1. The lowest BCUT2D eigenvalue weighted by molar-refractivity contribution is 0.0107. The van der Waals surface area contributed by atoms with Gasteiger partial charge in [-0.25, -0.2) is 4.79 Å². The predicted molar refractivity (Wildman–Crippen MR) is 88.5 cm³/mol. The van der Waals surface area contributed by atoms with Crippen LogP contribution < -0.4 is 11.1 Å². The molecule has 0 radical (unpaired) electrons. The number of nitrogens with one attached hydrogen (secondary N) is 1. The number of para-hydroxylation sites is 1. The van der Waals surface area contributed by atoms with Crippen molar-refractivity contribution in [2.45, 2.75) is 51.8 Å². The molecule has 1 amide bonds. The van der Waals surface area contributed by atoms with Crippen molar-refractivity contribution in [3.05, 3.63) is 29.8 Å². The average Bonchev–Trinajstić information content (AvgIpc) is 2.45. The van der Waals surface area contributed by atoms with Gasteiger partial charge in [-0.15, -0.1) is 0 Å². The molecule has 1 aromatic rings. The van der Waals surface area contributed by atoms with Crippen LogP contribution in [0.2, 0.25) is 0 Å². The Morgan fingerprint density at radius 2 is 1.95 bits per heavy atom. The quantitative estimate of drug-likeness (QED) is 0.843. The standard InChI is InChI=1S/C17H27N3O2/c1-17(2,3)22-16(21)20(14-8-10-19-11-9-14)12-13-6-4-5-7-15(13)18/h4-7,14,19H,8-12,18H2,1-3H3. The Balaban J connectivity index is 2.17. The van der Waals surface area contributed by atoms with Crippen LogP contribution >= 0.6 is 0 Å². The van der Waals surface area contributed by atoms with E-state index in [1.165, 1.54) is 0 Å². The van der Waals surface area contributed by atoms with Gasteiger partial charge in [-0.1, -0.05) is 18.2 Å². The third kappa shape index (κ3) is 4.63. The first-order valence-electron chi connectivity index (χ1n) is 7.90. The molecule has 1 aliphatic heterocycles. The molecule has 22 heavy (non-hydrogen) atoms. The van der Waals surface area contributed by atoms with Gasteiger partial charge in [0.25, 0.3) is 0 Å². The second-order valence-corrected chi connectivity index (χ2v) is 6.79. The molecule has 1 aliphatic rings. The number of anilines is 1. The smallest absolute Gasteiger partial charge is 0.410 e. The number of nitrogens with zero attached hydrogens (tertiary/aromatic N) is 1. The highest BCUT2D eigenvalue weighted by Crippen LogP contribution is 2.22. The van der Waals surface area contributed by atoms with E-state index in [-0.39, 0.29) is 12.1 Å². The summed E-state index contributed by atoms with van der Waals surface area (Å²) in [4.78, 5) is 14.4. The first-order chi connectivity index (χ1) is 10.4. The van der Waals surface area contributed by atoms with Crippen LogP contribution in [0.25, 0.3) is 0 Å². The fraction of sp³-hybridized carbons (Fsp3) is 0.588. The second kappa shape index (κ2) is 7.01. The lowest BCUT2D eigenvalue weighted by atomic mass is 10.0. The van der Waals surface area contributed by atoms with Crippen LogP contribution in [0.3, 0.4) is 0 Å². The van der Waals surface area contributed by atoms with Gasteiger partial charge in [0, 0.05) is 11.7 Å². The number of rotatable bonds is 3. The minimum absolute atomic E-state index is 0.190. The molecule has 0 unspecified atom stereocenters. The van der Waals surface area contributed by atoms with Crippen LogP contribution in [0.5, 0.6) is 0 Å². The number of piperidine rings is 1. The third-order valence-electron chi connectivity index (χ3n) is 3.77. The van der Waals surface area contributed by atoms with Gasteiger partial charge in [0.2, 0.25) is 0 Å². The van der Waals surface area contributed by atoms with Gasteiger partial charge in [-0.05, 0) is 58.3 Å². The molecule has 1 saturated heterocycles. The highest BCUT2D eigenvalue weighted by Gasteiger charge is 2.29. The van der Waals surface area contributed by atoms with Crippen molar-refractivity contribution >= 4 is 11.8 Å². The molecule has 5 heteroatoms. The topological polar surface area (TPSA) is 67.6 Å². The summed E-state index contributed by atoms with van der Waals surface area (Å²) in [5.74, 6) is 0. The van der Waals surface area contributed by atoms with Crippen molar-refractivity contribution in [2.24, 2.45) is 0 Å². The molecular weight excluding hydrogens is 278 g/mol. The van der Waals surface area contributed by atoms with Gasteiger partial charge in [-0.2, -0.15) is 0 Å². The second-order valence-electron chi connectivity index (χ2n) is 6.79. The van der Waals surface area contributed by atoms with Crippen LogP contribution in [0.4, 0.5) is 10.5 Å². The van der Waals surface area contributed by atoms with Crippen LogP contribution in [0.1, 0.15) is 39.2 Å². The largest absolute Gasteiger partial charge is 0.444 e. The summed E-state index contributed by atoms with van der Waals surface area (Å²) in [5.41, 5.74) is 7.22. The predicted octanol–water partition coefficient (Wildman–Crippen LogP) is 2.76. The fourth-order valence-corrected chi connectivity index (χ4v) is 2.64. The average molecular weight is 305 g/mol. The Hall–Kier alpha value is -1.75. The Labute approximate surface area is 132 Å². The van der Waals surface area contributed by atoms with Crippen LogP contribution in [-0.4, -0.2) is 35.7 Å². The Morgan fingerprint density at radius 3 is 2.55 bits per heavy atom. The molecule has 0 spiro atoms. The van der Waals surface area contributed by atoms with E-state index < -0.39 is 5.60 Å². The molecule has 1 fully saturated rings. The summed E-state index contributed by atoms with van der Waals surface area (Å²) in [7, 11) is 0. The van der Waals surface area contributed by atoms with Crippen molar-refractivity contribution in [2.75, 3.05) is 18.8 Å². The normalized spacial score (nSPS) is 16.3. The molecule has 1 aromatic carbocycles. The van der Waals surface area contributed by atoms with E-state index in [4.69, 9.17) is 10.5 Å². The van der Waals surface area contributed by atoms with Gasteiger partial charge in [0.15, 0.2) is 0 Å². The van der Waals surface area contributed by atoms with E-state index in [1.807, 2.05) is 49.9 Å². The Kier molecular flexibility index (Phi) is 5.29. The van der Waals surface area contributed by atoms with Gasteiger partial charge in [0.1, 0.15) is 5.60 Å².